The highest BCUT2D eigenvalue weighted by Gasteiger charge is 2.39. The van der Waals surface area contributed by atoms with Crippen LogP contribution >= 0.6 is 0 Å². The Morgan fingerprint density at radius 2 is 1.93 bits per heavy atom. The highest BCUT2D eigenvalue weighted by molar-refractivity contribution is 7.90. The lowest BCUT2D eigenvalue weighted by atomic mass is 9.88. The van der Waals surface area contributed by atoms with E-state index in [0.29, 0.717) is 41.8 Å². The number of likely N-dealkylation sites (tertiary alicyclic amines) is 1. The molecular formula is C30H36N8O3S. The second kappa shape index (κ2) is 10.9. The van der Waals surface area contributed by atoms with Gasteiger partial charge in [0.25, 0.3) is 10.0 Å². The molecule has 3 aromatic rings. The van der Waals surface area contributed by atoms with Crippen LogP contribution in [-0.4, -0.2) is 88.1 Å². The largest absolute Gasteiger partial charge is 0.375 e. The van der Waals surface area contributed by atoms with Crippen molar-refractivity contribution in [2.75, 3.05) is 50.1 Å². The number of pyridine rings is 1. The SMILES string of the molecule is CN1CCC(C#Cc2cnc(Nc3ccnc(-c4cnn(S(=O)(=O)C5CC5)c4)n3)cc2N2CCC3(CCCO3)CC2)C1. The Hall–Kier alpha value is -3.53. The third-order valence-electron chi connectivity index (χ3n) is 8.82. The normalized spacial score (nSPS) is 22.3. The average Bonchev–Trinajstić information content (AvgIpc) is 3.35. The van der Waals surface area contributed by atoms with E-state index < -0.39 is 10.0 Å². The van der Waals surface area contributed by atoms with Crippen LogP contribution in [0.3, 0.4) is 0 Å². The summed E-state index contributed by atoms with van der Waals surface area (Å²) in [5.41, 5.74) is 2.58. The first-order valence-electron chi connectivity index (χ1n) is 14.9. The molecule has 1 saturated carbocycles. The Morgan fingerprint density at radius 1 is 1.07 bits per heavy atom. The average molecular weight is 589 g/mol. The van der Waals surface area contributed by atoms with Crippen molar-refractivity contribution in [1.82, 2.24) is 29.0 Å². The molecule has 1 atom stereocenters. The summed E-state index contributed by atoms with van der Waals surface area (Å²) in [6, 6.07) is 3.82. The molecule has 11 nitrogen and oxygen atoms in total. The van der Waals surface area contributed by atoms with Crippen LogP contribution in [0.4, 0.5) is 17.3 Å². The third kappa shape index (κ3) is 5.61. The third-order valence-corrected chi connectivity index (χ3v) is 10.9. The lowest BCUT2D eigenvalue weighted by Gasteiger charge is -2.40. The van der Waals surface area contributed by atoms with Gasteiger partial charge in [-0.2, -0.15) is 9.19 Å². The first-order chi connectivity index (χ1) is 20.4. The summed E-state index contributed by atoms with van der Waals surface area (Å²) in [6.45, 7) is 4.78. The van der Waals surface area contributed by atoms with Gasteiger partial charge in [0, 0.05) is 50.6 Å². The molecule has 3 saturated heterocycles. The van der Waals surface area contributed by atoms with Crippen molar-refractivity contribution in [1.29, 1.82) is 0 Å². The van der Waals surface area contributed by atoms with Crippen LogP contribution in [0.2, 0.25) is 0 Å². The maximum atomic E-state index is 12.6. The van der Waals surface area contributed by atoms with Crippen LogP contribution < -0.4 is 10.2 Å². The number of rotatable bonds is 6. The summed E-state index contributed by atoms with van der Waals surface area (Å²) in [7, 11) is -1.31. The van der Waals surface area contributed by atoms with Crippen LogP contribution in [0.5, 0.6) is 0 Å². The molecule has 4 fully saturated rings. The summed E-state index contributed by atoms with van der Waals surface area (Å²) < 4.78 is 32.3. The molecule has 3 aliphatic heterocycles. The highest BCUT2D eigenvalue weighted by atomic mass is 32.2. The van der Waals surface area contributed by atoms with Crippen LogP contribution in [-0.2, 0) is 14.8 Å². The second-order valence-electron chi connectivity index (χ2n) is 12.0. The zero-order valence-electron chi connectivity index (χ0n) is 23.9. The van der Waals surface area contributed by atoms with Crippen LogP contribution in [0, 0.1) is 17.8 Å². The maximum absolute atomic E-state index is 12.6. The summed E-state index contributed by atoms with van der Waals surface area (Å²) in [6.07, 6.45) is 13.2. The quantitative estimate of drug-likeness (QED) is 0.430. The smallest absolute Gasteiger partial charge is 0.256 e. The minimum atomic E-state index is -3.45. The number of ether oxygens (including phenoxy) is 1. The van der Waals surface area contributed by atoms with Gasteiger partial charge in [0.05, 0.1) is 40.1 Å². The Morgan fingerprint density at radius 3 is 2.67 bits per heavy atom. The molecular weight excluding hydrogens is 552 g/mol. The van der Waals surface area contributed by atoms with Crippen molar-refractivity contribution in [2.24, 2.45) is 5.92 Å². The molecule has 220 valence electrons. The van der Waals surface area contributed by atoms with Crippen LogP contribution in [0.1, 0.15) is 50.5 Å². The van der Waals surface area contributed by atoms with E-state index in [-0.39, 0.29) is 10.9 Å². The molecule has 1 spiro atoms. The molecule has 4 aliphatic rings. The lowest BCUT2D eigenvalue weighted by molar-refractivity contribution is -0.0146. The first-order valence-corrected chi connectivity index (χ1v) is 16.4. The van der Waals surface area contributed by atoms with Crippen LogP contribution in [0.25, 0.3) is 11.4 Å². The topological polar surface area (TPSA) is 118 Å². The van der Waals surface area contributed by atoms with Crippen molar-refractivity contribution >= 4 is 27.3 Å². The number of nitrogens with zero attached hydrogens (tertiary/aromatic N) is 7. The van der Waals surface area contributed by atoms with E-state index in [0.717, 1.165) is 80.2 Å². The molecule has 42 heavy (non-hydrogen) atoms. The van der Waals surface area contributed by atoms with E-state index in [1.807, 2.05) is 6.20 Å². The predicted molar refractivity (Wildman–Crippen MR) is 160 cm³/mol. The van der Waals surface area contributed by atoms with Crippen LogP contribution in [0.15, 0.2) is 36.9 Å². The Bertz CT molecular complexity index is 1630. The fourth-order valence-corrected chi connectivity index (χ4v) is 7.66. The van der Waals surface area contributed by atoms with E-state index in [4.69, 9.17) is 9.72 Å². The van der Waals surface area contributed by atoms with Gasteiger partial charge >= 0.3 is 0 Å². The van der Waals surface area contributed by atoms with Crippen molar-refractivity contribution in [2.45, 2.75) is 55.8 Å². The monoisotopic (exact) mass is 588 g/mol. The molecule has 12 heteroatoms. The number of anilines is 3. The molecule has 6 heterocycles. The van der Waals surface area contributed by atoms with Gasteiger partial charge in [0.15, 0.2) is 5.82 Å². The van der Waals surface area contributed by atoms with Gasteiger partial charge in [-0.3, -0.25) is 0 Å². The van der Waals surface area contributed by atoms with Gasteiger partial charge in [0.2, 0.25) is 0 Å². The van der Waals surface area contributed by atoms with Gasteiger partial charge in [-0.25, -0.2) is 23.4 Å². The standard InChI is InChI=1S/C30H36N8O3S/c1-36-13-8-22(20-36)3-4-23-18-32-28(17-26(23)37-14-10-30(11-15-37)9-2-16-41-30)34-27-7-12-31-29(35-27)24-19-33-38(21-24)42(39,40)25-5-6-25/h7,12,17-19,21-22,25H,2,5-6,8-11,13-16,20H2,1H3,(H,31,32,34,35). The van der Waals surface area contributed by atoms with Gasteiger partial charge in [-0.15, -0.1) is 0 Å². The second-order valence-corrected chi connectivity index (χ2v) is 14.0. The van der Waals surface area contributed by atoms with E-state index in [1.165, 1.54) is 12.4 Å². The molecule has 3 aromatic heterocycles. The number of hydrogen-bond acceptors (Lipinski definition) is 10. The number of aromatic nitrogens is 5. The van der Waals surface area contributed by atoms with E-state index in [2.05, 4.69) is 55.1 Å². The van der Waals surface area contributed by atoms with E-state index >= 15 is 0 Å². The minimum absolute atomic E-state index is 0.0358. The minimum Gasteiger partial charge on any atom is -0.375 e. The summed E-state index contributed by atoms with van der Waals surface area (Å²) in [4.78, 5) is 18.4. The molecule has 1 N–H and O–H groups in total. The van der Waals surface area contributed by atoms with E-state index in [1.54, 1.807) is 12.3 Å². The zero-order valence-corrected chi connectivity index (χ0v) is 24.7. The predicted octanol–water partition coefficient (Wildman–Crippen LogP) is 3.27. The lowest BCUT2D eigenvalue weighted by Crippen LogP contribution is -2.44. The van der Waals surface area contributed by atoms with Crippen molar-refractivity contribution in [3.63, 3.8) is 0 Å². The molecule has 0 bridgehead atoms. The molecule has 0 aromatic carbocycles. The summed E-state index contributed by atoms with van der Waals surface area (Å²) >= 11 is 0. The van der Waals surface area contributed by atoms with Crippen molar-refractivity contribution in [3.05, 3.63) is 42.5 Å². The zero-order chi connectivity index (χ0) is 28.7. The number of nitrogens with one attached hydrogen (secondary N) is 1. The Kier molecular flexibility index (Phi) is 7.12. The summed E-state index contributed by atoms with van der Waals surface area (Å²) in [5, 5.41) is 7.05. The Balaban J connectivity index is 1.13. The summed E-state index contributed by atoms with van der Waals surface area (Å²) in [5.74, 6) is 8.94. The van der Waals surface area contributed by atoms with Crippen molar-refractivity contribution < 1.29 is 13.2 Å². The molecule has 1 aliphatic carbocycles. The van der Waals surface area contributed by atoms with Gasteiger partial charge < -0.3 is 19.9 Å². The van der Waals surface area contributed by atoms with Gasteiger partial charge in [-0.1, -0.05) is 11.8 Å². The highest BCUT2D eigenvalue weighted by Crippen LogP contribution is 2.38. The first kappa shape index (κ1) is 27.3. The molecule has 0 radical (unpaired) electrons. The Labute approximate surface area is 246 Å². The van der Waals surface area contributed by atoms with Crippen molar-refractivity contribution in [3.8, 4) is 23.2 Å². The maximum Gasteiger partial charge on any atom is 0.256 e. The van der Waals surface area contributed by atoms with E-state index in [9.17, 15) is 8.42 Å². The molecule has 0 amide bonds. The van der Waals surface area contributed by atoms with Gasteiger partial charge in [0.1, 0.15) is 11.6 Å². The number of hydrogen-bond donors (Lipinski definition) is 1. The fourth-order valence-electron chi connectivity index (χ4n) is 6.18. The number of piperidine rings is 1. The molecule has 7 rings (SSSR count). The molecule has 1 unspecified atom stereocenters. The fraction of sp³-hybridized carbons (Fsp3) is 0.533. The van der Waals surface area contributed by atoms with Gasteiger partial charge in [-0.05, 0) is 64.6 Å².